The molecule has 3 aliphatic rings. The van der Waals surface area contributed by atoms with Crippen LogP contribution in [0.1, 0.15) is 68.5 Å². The predicted octanol–water partition coefficient (Wildman–Crippen LogP) is 21.8. The van der Waals surface area contributed by atoms with Crippen LogP contribution in [0.25, 0.3) is 126 Å². The first-order chi connectivity index (χ1) is 38.6. The van der Waals surface area contributed by atoms with Crippen molar-refractivity contribution in [3.8, 4) is 39.1 Å². The topological polar surface area (TPSA) is 31.2 Å². The number of hydrogen-bond donors (Lipinski definition) is 0. The van der Waals surface area contributed by atoms with Crippen molar-refractivity contribution in [2.45, 2.75) is 52.4 Å². The van der Waals surface area contributed by atoms with E-state index >= 15 is 0 Å². The molecule has 3 nitrogen and oxygen atoms in total. The highest BCUT2D eigenvalue weighted by molar-refractivity contribution is 9.10. The first-order valence-corrected chi connectivity index (χ1v) is 28.2. The van der Waals surface area contributed by atoms with Crippen LogP contribution in [0.15, 0.2) is 244 Å². The summed E-state index contributed by atoms with van der Waals surface area (Å²) in [6.45, 7) is 9.41. The molecule has 0 unspecified atom stereocenters. The summed E-state index contributed by atoms with van der Waals surface area (Å²) < 4.78 is 15.3. The van der Waals surface area contributed by atoms with Gasteiger partial charge in [0.05, 0.1) is 11.0 Å². The maximum Gasteiger partial charge on any atom is 0.135 e. The monoisotopic (exact) mass is 1090 g/mol. The van der Waals surface area contributed by atoms with Crippen molar-refractivity contribution < 1.29 is 8.83 Å². The molecular weight excluding hydrogens is 1040 g/mol. The molecule has 0 spiro atoms. The second kappa shape index (κ2) is 17.8. The summed E-state index contributed by atoms with van der Waals surface area (Å²) in [4.78, 5) is 0. The molecule has 0 atom stereocenters. The molecule has 0 saturated heterocycles. The van der Waals surface area contributed by atoms with Crippen molar-refractivity contribution in [1.82, 2.24) is 4.57 Å². The van der Waals surface area contributed by atoms with Gasteiger partial charge in [-0.1, -0.05) is 209 Å². The number of nitrogens with zero attached hydrogens (tertiary/aromatic N) is 1. The van der Waals surface area contributed by atoms with E-state index in [1.165, 1.54) is 115 Å². The van der Waals surface area contributed by atoms with Crippen LogP contribution in [0.2, 0.25) is 0 Å². The number of rotatable bonds is 1. The smallest absolute Gasteiger partial charge is 0.135 e. The minimum atomic E-state index is -0.00808. The van der Waals surface area contributed by atoms with Gasteiger partial charge in [0, 0.05) is 53.3 Å². The van der Waals surface area contributed by atoms with E-state index in [4.69, 9.17) is 8.83 Å². The Hall–Kier alpha value is -8.96. The molecule has 3 aromatic heterocycles. The van der Waals surface area contributed by atoms with Crippen LogP contribution in [-0.2, 0) is 17.3 Å². The first kappa shape index (κ1) is 48.2. The lowest BCUT2D eigenvalue weighted by Gasteiger charge is -2.21. The van der Waals surface area contributed by atoms with Crippen molar-refractivity contribution in [1.29, 1.82) is 0 Å². The summed E-state index contributed by atoms with van der Waals surface area (Å²) in [5, 5.41) is 12.5. The number of para-hydroxylation sites is 3. The Balaban J connectivity index is 0.000000115. The number of hydrogen-bond acceptors (Lipinski definition) is 2. The Kier molecular flexibility index (Phi) is 10.7. The van der Waals surface area contributed by atoms with Crippen LogP contribution in [0.4, 0.5) is 0 Å². The second-order valence-corrected chi connectivity index (χ2v) is 23.8. The summed E-state index contributed by atoms with van der Waals surface area (Å²) in [7, 11) is 0. The highest BCUT2D eigenvalue weighted by atomic mass is 79.9. The molecule has 0 bridgehead atoms. The molecule has 0 N–H and O–H groups in total. The molecule has 80 heavy (non-hydrogen) atoms. The number of benzene rings is 12. The Labute approximate surface area is 473 Å². The Morgan fingerprint density at radius 1 is 0.350 bits per heavy atom. The lowest BCUT2D eigenvalue weighted by molar-refractivity contribution is 0.660. The normalized spacial score (nSPS) is 13.9. The molecule has 384 valence electrons. The Bertz CT molecular complexity index is 5080. The fourth-order valence-electron chi connectivity index (χ4n) is 14.0. The third-order valence-corrected chi connectivity index (χ3v) is 18.3. The van der Waals surface area contributed by atoms with Crippen LogP contribution < -0.4 is 0 Å². The van der Waals surface area contributed by atoms with Gasteiger partial charge in [-0.25, -0.2) is 0 Å². The summed E-state index contributed by atoms with van der Waals surface area (Å²) >= 11 is 3.46. The average Bonchev–Trinajstić information content (AvgIpc) is 4.12. The van der Waals surface area contributed by atoms with Crippen molar-refractivity contribution in [2.24, 2.45) is 0 Å². The van der Waals surface area contributed by atoms with Crippen molar-refractivity contribution in [2.75, 3.05) is 0 Å². The van der Waals surface area contributed by atoms with Gasteiger partial charge >= 0.3 is 0 Å². The van der Waals surface area contributed by atoms with Gasteiger partial charge in [-0.3, -0.25) is 0 Å². The molecule has 0 amide bonds. The van der Waals surface area contributed by atoms with Gasteiger partial charge in [0.15, 0.2) is 0 Å². The van der Waals surface area contributed by atoms with E-state index in [9.17, 15) is 0 Å². The molecule has 15 aromatic rings. The van der Waals surface area contributed by atoms with Gasteiger partial charge in [-0.15, -0.1) is 0 Å². The van der Waals surface area contributed by atoms with E-state index < -0.39 is 0 Å². The number of fused-ring (bicyclic) bond motifs is 22. The van der Waals surface area contributed by atoms with Gasteiger partial charge in [0.1, 0.15) is 22.3 Å². The number of halogens is 1. The molecule has 0 radical (unpaired) electrons. The molecule has 3 aliphatic carbocycles. The number of aromatic nitrogens is 1. The van der Waals surface area contributed by atoms with Crippen LogP contribution >= 0.6 is 15.9 Å². The fraction of sp³-hybridized carbons (Fsp3) is 0.105. The lowest BCUT2D eigenvalue weighted by atomic mass is 9.82. The van der Waals surface area contributed by atoms with E-state index in [-0.39, 0.29) is 18.3 Å². The van der Waals surface area contributed by atoms with Crippen LogP contribution in [-0.4, -0.2) is 4.57 Å². The van der Waals surface area contributed by atoms with E-state index in [0.717, 1.165) is 55.1 Å². The summed E-state index contributed by atoms with van der Waals surface area (Å²) in [6, 6.07) is 83.5. The molecule has 0 saturated carbocycles. The maximum atomic E-state index is 6.14. The SMILES string of the molecule is Brc1ccc2oc3ccccc3c2c1.C.CC1(C)c2ccccc2-c2c1ccc1cc3c(cc21)-c1ccccc1C3.CC1(C)c2ccccc2-c2c1ccc1cc3c(cc21)c1ccccc1n3-c1ccc2oc3ccccc3c2c1. The van der Waals surface area contributed by atoms with Crippen LogP contribution in [0.5, 0.6) is 0 Å². The first-order valence-electron chi connectivity index (χ1n) is 27.5. The predicted molar refractivity (Wildman–Crippen MR) is 341 cm³/mol. The highest BCUT2D eigenvalue weighted by Gasteiger charge is 2.38. The Morgan fingerprint density at radius 2 is 0.863 bits per heavy atom. The maximum absolute atomic E-state index is 6.14. The summed E-state index contributed by atoms with van der Waals surface area (Å²) in [5.41, 5.74) is 24.4. The van der Waals surface area contributed by atoms with Crippen molar-refractivity contribution in [3.63, 3.8) is 0 Å². The molecule has 4 heteroatoms. The third kappa shape index (κ3) is 7.04. The van der Waals surface area contributed by atoms with E-state index in [1.807, 2.05) is 42.5 Å². The van der Waals surface area contributed by atoms with Crippen molar-refractivity contribution >= 4 is 103 Å². The zero-order valence-electron chi connectivity index (χ0n) is 44.3. The fourth-order valence-corrected chi connectivity index (χ4v) is 14.3. The zero-order chi connectivity index (χ0) is 52.9. The molecule has 0 fully saturated rings. The minimum Gasteiger partial charge on any atom is -0.456 e. The van der Waals surface area contributed by atoms with Crippen molar-refractivity contribution in [3.05, 3.63) is 268 Å². The largest absolute Gasteiger partial charge is 0.456 e. The molecule has 12 aromatic carbocycles. The zero-order valence-corrected chi connectivity index (χ0v) is 45.9. The van der Waals surface area contributed by atoms with Gasteiger partial charge in [-0.05, 0) is 168 Å². The molecule has 3 heterocycles. The van der Waals surface area contributed by atoms with Crippen LogP contribution in [0.3, 0.4) is 0 Å². The third-order valence-electron chi connectivity index (χ3n) is 17.8. The number of furan rings is 2. The Morgan fingerprint density at radius 3 is 1.52 bits per heavy atom. The molecule has 0 aliphatic heterocycles. The second-order valence-electron chi connectivity index (χ2n) is 22.8. The van der Waals surface area contributed by atoms with Gasteiger partial charge in [-0.2, -0.15) is 0 Å². The van der Waals surface area contributed by atoms with E-state index in [1.54, 1.807) is 0 Å². The summed E-state index contributed by atoms with van der Waals surface area (Å²) in [6.07, 6.45) is 1.06. The van der Waals surface area contributed by atoms with E-state index in [0.29, 0.717) is 0 Å². The average molecular weight is 1100 g/mol. The van der Waals surface area contributed by atoms with Gasteiger partial charge in [0.25, 0.3) is 0 Å². The quantitative estimate of drug-likeness (QED) is 0.164. The van der Waals surface area contributed by atoms with Crippen LogP contribution in [0, 0.1) is 0 Å². The molecule has 18 rings (SSSR count). The highest BCUT2D eigenvalue weighted by Crippen LogP contribution is 2.54. The lowest BCUT2D eigenvalue weighted by Crippen LogP contribution is -2.14. The van der Waals surface area contributed by atoms with Gasteiger partial charge < -0.3 is 13.4 Å². The van der Waals surface area contributed by atoms with Gasteiger partial charge in [0.2, 0.25) is 0 Å². The molecular formula is C76H56BrNO2. The standard InChI is InChI=1S/C37H25NO.C26H20.C12H7BrO.CH4/c1-37(2)30-12-6-3-11-26(30)36-27-21-28-24-9-4-7-13-32(24)38(33(28)19-22(27)15-17-31(36)37)23-16-18-35-29(20-23)25-10-5-8-14-34(25)39-35;1-26(2)23-10-6-5-9-20(23)25-22-15-21-18(14-17(22)11-12-24(25)26)13-16-7-3-4-8-19(16)21;13-8-5-6-12-10(7-8)9-3-1-2-4-11(9)14-12;/h3-21H,1-2H3;3-12,14-15H,13H2,1-2H3;1-7H;1H4. The van der Waals surface area contributed by atoms with E-state index in [2.05, 4.69) is 236 Å². The minimum absolute atomic E-state index is 0. The summed E-state index contributed by atoms with van der Waals surface area (Å²) in [5.74, 6) is 0.